The molecule has 0 saturated carbocycles. The van der Waals surface area contributed by atoms with E-state index in [1.165, 1.54) is 6.07 Å². The van der Waals surface area contributed by atoms with Crippen molar-refractivity contribution in [2.75, 3.05) is 0 Å². The van der Waals surface area contributed by atoms with Gasteiger partial charge in [-0.15, -0.1) is 0 Å². The normalized spacial score (nSPS) is 10.4. The van der Waals surface area contributed by atoms with Crippen molar-refractivity contribution in [3.63, 3.8) is 0 Å². The fourth-order valence-corrected chi connectivity index (χ4v) is 1.69. The predicted octanol–water partition coefficient (Wildman–Crippen LogP) is 2.57. The quantitative estimate of drug-likeness (QED) is 0.902. The number of ether oxygens (including phenoxy) is 1. The number of halogens is 1. The molecule has 1 heterocycles. The molecule has 0 atom stereocenters. The van der Waals surface area contributed by atoms with Gasteiger partial charge in [0.15, 0.2) is 11.6 Å². The SMILES string of the molecule is Cc1cccnc1COc1c(F)cccc1CN. The van der Waals surface area contributed by atoms with Crippen LogP contribution in [0.25, 0.3) is 0 Å². The highest BCUT2D eigenvalue weighted by atomic mass is 19.1. The first-order chi connectivity index (χ1) is 8.72. The number of rotatable bonds is 4. The Hall–Kier alpha value is -1.94. The van der Waals surface area contributed by atoms with Crippen molar-refractivity contribution in [2.24, 2.45) is 5.73 Å². The topological polar surface area (TPSA) is 48.1 Å². The van der Waals surface area contributed by atoms with Gasteiger partial charge < -0.3 is 10.5 Å². The van der Waals surface area contributed by atoms with Gasteiger partial charge in [-0.25, -0.2) is 4.39 Å². The maximum atomic E-state index is 13.6. The summed E-state index contributed by atoms with van der Waals surface area (Å²) in [6.45, 7) is 2.42. The van der Waals surface area contributed by atoms with Crippen LogP contribution in [0.15, 0.2) is 36.5 Å². The highest BCUT2D eigenvalue weighted by Gasteiger charge is 2.09. The maximum absolute atomic E-state index is 13.6. The summed E-state index contributed by atoms with van der Waals surface area (Å²) in [5.74, 6) is -0.184. The van der Waals surface area contributed by atoms with E-state index < -0.39 is 5.82 Å². The highest BCUT2D eigenvalue weighted by Crippen LogP contribution is 2.23. The number of aromatic nitrogens is 1. The molecule has 18 heavy (non-hydrogen) atoms. The van der Waals surface area contributed by atoms with Crippen molar-refractivity contribution in [1.29, 1.82) is 0 Å². The molecule has 1 aromatic heterocycles. The summed E-state index contributed by atoms with van der Waals surface area (Å²) in [7, 11) is 0. The van der Waals surface area contributed by atoms with E-state index in [-0.39, 0.29) is 18.9 Å². The van der Waals surface area contributed by atoms with Crippen LogP contribution in [0.4, 0.5) is 4.39 Å². The Morgan fingerprint density at radius 1 is 1.28 bits per heavy atom. The first-order valence-electron chi connectivity index (χ1n) is 5.73. The third kappa shape index (κ3) is 2.65. The van der Waals surface area contributed by atoms with Crippen LogP contribution in [0, 0.1) is 12.7 Å². The molecule has 94 valence electrons. The second-order valence-corrected chi connectivity index (χ2v) is 3.99. The molecule has 0 aliphatic rings. The van der Waals surface area contributed by atoms with E-state index >= 15 is 0 Å². The van der Waals surface area contributed by atoms with Crippen LogP contribution in [-0.2, 0) is 13.2 Å². The monoisotopic (exact) mass is 246 g/mol. The molecule has 0 fully saturated rings. The van der Waals surface area contributed by atoms with Gasteiger partial charge in [-0.05, 0) is 24.6 Å². The number of hydrogen-bond donors (Lipinski definition) is 1. The van der Waals surface area contributed by atoms with Crippen LogP contribution in [0.1, 0.15) is 16.8 Å². The van der Waals surface area contributed by atoms with Crippen LogP contribution >= 0.6 is 0 Å². The van der Waals surface area contributed by atoms with Gasteiger partial charge in [-0.3, -0.25) is 4.98 Å². The molecule has 3 nitrogen and oxygen atoms in total. The summed E-state index contributed by atoms with van der Waals surface area (Å²) in [5, 5.41) is 0. The van der Waals surface area contributed by atoms with E-state index in [1.54, 1.807) is 18.3 Å². The summed E-state index contributed by atoms with van der Waals surface area (Å²) >= 11 is 0. The molecule has 4 heteroatoms. The third-order valence-corrected chi connectivity index (χ3v) is 2.74. The molecule has 0 amide bonds. The van der Waals surface area contributed by atoms with Gasteiger partial charge in [0.05, 0.1) is 5.69 Å². The number of hydrogen-bond acceptors (Lipinski definition) is 3. The Kier molecular flexibility index (Phi) is 3.89. The number of nitrogens with two attached hydrogens (primary N) is 1. The lowest BCUT2D eigenvalue weighted by Gasteiger charge is -2.11. The lowest BCUT2D eigenvalue weighted by atomic mass is 10.2. The van der Waals surface area contributed by atoms with Crippen molar-refractivity contribution in [3.8, 4) is 5.75 Å². The Bertz CT molecular complexity index is 543. The summed E-state index contributed by atoms with van der Waals surface area (Å²) in [6, 6.07) is 8.53. The van der Waals surface area contributed by atoms with E-state index in [2.05, 4.69) is 4.98 Å². The zero-order chi connectivity index (χ0) is 13.0. The average molecular weight is 246 g/mol. The van der Waals surface area contributed by atoms with Gasteiger partial charge in [0.2, 0.25) is 0 Å². The molecule has 0 aliphatic heterocycles. The van der Waals surface area contributed by atoms with Crippen LogP contribution in [-0.4, -0.2) is 4.98 Å². The van der Waals surface area contributed by atoms with E-state index in [0.29, 0.717) is 5.56 Å². The zero-order valence-electron chi connectivity index (χ0n) is 10.2. The van der Waals surface area contributed by atoms with Gasteiger partial charge in [0.25, 0.3) is 0 Å². The molecule has 0 saturated heterocycles. The van der Waals surface area contributed by atoms with Crippen molar-refractivity contribution in [3.05, 3.63) is 59.2 Å². The fourth-order valence-electron chi connectivity index (χ4n) is 1.69. The highest BCUT2D eigenvalue weighted by molar-refractivity contribution is 5.35. The second-order valence-electron chi connectivity index (χ2n) is 3.99. The van der Waals surface area contributed by atoms with Crippen LogP contribution in [0.5, 0.6) is 5.75 Å². The molecule has 0 radical (unpaired) electrons. The average Bonchev–Trinajstić information content (AvgIpc) is 2.39. The van der Waals surface area contributed by atoms with Crippen molar-refractivity contribution in [1.82, 2.24) is 4.98 Å². The first kappa shape index (κ1) is 12.5. The second kappa shape index (κ2) is 5.60. The molecular formula is C14H15FN2O. The molecule has 2 N–H and O–H groups in total. The third-order valence-electron chi connectivity index (χ3n) is 2.74. The molecule has 0 aliphatic carbocycles. The van der Waals surface area contributed by atoms with Crippen LogP contribution < -0.4 is 10.5 Å². The Morgan fingerprint density at radius 3 is 2.83 bits per heavy atom. The van der Waals surface area contributed by atoms with E-state index in [0.717, 1.165) is 11.3 Å². The Labute approximate surface area is 105 Å². The molecule has 2 aromatic rings. The minimum absolute atomic E-state index is 0.213. The minimum atomic E-state index is -0.397. The number of nitrogens with zero attached hydrogens (tertiary/aromatic N) is 1. The largest absolute Gasteiger partial charge is 0.484 e. The standard InChI is InChI=1S/C14H15FN2O/c1-10-4-3-7-17-13(10)9-18-14-11(8-16)5-2-6-12(14)15/h2-7H,8-9,16H2,1H3. The van der Waals surface area contributed by atoms with Crippen molar-refractivity contribution in [2.45, 2.75) is 20.1 Å². The van der Waals surface area contributed by atoms with Crippen LogP contribution in [0.3, 0.4) is 0 Å². The number of benzene rings is 1. The van der Waals surface area contributed by atoms with E-state index in [9.17, 15) is 4.39 Å². The van der Waals surface area contributed by atoms with Gasteiger partial charge in [0, 0.05) is 18.3 Å². The minimum Gasteiger partial charge on any atom is -0.484 e. The Balaban J connectivity index is 2.18. The smallest absolute Gasteiger partial charge is 0.165 e. The number of aryl methyl sites for hydroxylation is 1. The lowest BCUT2D eigenvalue weighted by Crippen LogP contribution is -2.06. The summed E-state index contributed by atoms with van der Waals surface area (Å²) in [4.78, 5) is 4.20. The number of para-hydroxylation sites is 1. The van der Waals surface area contributed by atoms with E-state index in [4.69, 9.17) is 10.5 Å². The molecule has 0 spiro atoms. The number of pyridine rings is 1. The molecule has 2 rings (SSSR count). The van der Waals surface area contributed by atoms with Crippen LogP contribution in [0.2, 0.25) is 0 Å². The summed E-state index contributed by atoms with van der Waals surface area (Å²) in [6.07, 6.45) is 1.69. The predicted molar refractivity (Wildman–Crippen MR) is 67.6 cm³/mol. The van der Waals surface area contributed by atoms with Gasteiger partial charge in [-0.1, -0.05) is 18.2 Å². The lowest BCUT2D eigenvalue weighted by molar-refractivity contribution is 0.282. The van der Waals surface area contributed by atoms with Crippen molar-refractivity contribution >= 4 is 0 Å². The summed E-state index contributed by atoms with van der Waals surface area (Å²) < 4.78 is 19.1. The molecular weight excluding hydrogens is 231 g/mol. The first-order valence-corrected chi connectivity index (χ1v) is 5.73. The zero-order valence-corrected chi connectivity index (χ0v) is 10.2. The van der Waals surface area contributed by atoms with Gasteiger partial charge in [-0.2, -0.15) is 0 Å². The molecule has 0 unspecified atom stereocenters. The summed E-state index contributed by atoms with van der Waals surface area (Å²) in [5.41, 5.74) is 8.02. The molecule has 0 bridgehead atoms. The maximum Gasteiger partial charge on any atom is 0.165 e. The molecule has 1 aromatic carbocycles. The van der Waals surface area contributed by atoms with Gasteiger partial charge in [0.1, 0.15) is 6.61 Å². The Morgan fingerprint density at radius 2 is 2.11 bits per heavy atom. The van der Waals surface area contributed by atoms with Crippen molar-refractivity contribution < 1.29 is 9.13 Å². The van der Waals surface area contributed by atoms with E-state index in [1.807, 2.05) is 19.1 Å². The fraction of sp³-hybridized carbons (Fsp3) is 0.214. The van der Waals surface area contributed by atoms with Gasteiger partial charge >= 0.3 is 0 Å².